The second-order valence-electron chi connectivity index (χ2n) is 17.4. The van der Waals surface area contributed by atoms with E-state index in [1.54, 1.807) is 0 Å². The maximum absolute atomic E-state index is 12.7. The number of esters is 3. The van der Waals surface area contributed by atoms with Crippen LogP contribution in [0.3, 0.4) is 0 Å². The molecule has 0 amide bonds. The van der Waals surface area contributed by atoms with E-state index < -0.39 is 6.10 Å². The molecule has 0 aromatic heterocycles. The first kappa shape index (κ1) is 57.6. The van der Waals surface area contributed by atoms with Crippen LogP contribution in [0.25, 0.3) is 0 Å². The molecule has 0 aliphatic rings. The third-order valence-corrected chi connectivity index (χ3v) is 11.4. The van der Waals surface area contributed by atoms with Gasteiger partial charge < -0.3 is 14.2 Å². The van der Waals surface area contributed by atoms with Gasteiger partial charge >= 0.3 is 17.9 Å². The molecule has 1 unspecified atom stereocenters. The lowest BCUT2D eigenvalue weighted by molar-refractivity contribution is -0.167. The van der Waals surface area contributed by atoms with Crippen LogP contribution in [0.2, 0.25) is 0 Å². The number of rotatable bonds is 47. The topological polar surface area (TPSA) is 78.9 Å². The van der Waals surface area contributed by atoms with E-state index in [0.717, 1.165) is 77.0 Å². The summed E-state index contributed by atoms with van der Waals surface area (Å²) in [6, 6.07) is 0. The summed E-state index contributed by atoms with van der Waals surface area (Å²) in [5.41, 5.74) is 0. The zero-order valence-corrected chi connectivity index (χ0v) is 40.0. The van der Waals surface area contributed by atoms with Crippen molar-refractivity contribution in [2.75, 3.05) is 13.2 Å². The molecule has 0 spiro atoms. The third-order valence-electron chi connectivity index (χ3n) is 11.4. The highest BCUT2D eigenvalue weighted by molar-refractivity contribution is 5.71. The highest BCUT2D eigenvalue weighted by Crippen LogP contribution is 2.15. The monoisotopic (exact) mass is 843 g/mol. The molecule has 350 valence electrons. The van der Waals surface area contributed by atoms with Crippen LogP contribution in [-0.4, -0.2) is 37.2 Å². The molecule has 6 nitrogen and oxygen atoms in total. The van der Waals surface area contributed by atoms with Gasteiger partial charge in [-0.05, 0) is 77.0 Å². The summed E-state index contributed by atoms with van der Waals surface area (Å²) in [7, 11) is 0. The fourth-order valence-corrected chi connectivity index (χ4v) is 7.41. The minimum absolute atomic E-state index is 0.0764. The number of carbonyl (C=O) groups is 3. The van der Waals surface area contributed by atoms with Gasteiger partial charge in [-0.3, -0.25) is 14.4 Å². The van der Waals surface area contributed by atoms with Crippen LogP contribution in [0.1, 0.15) is 271 Å². The van der Waals surface area contributed by atoms with Crippen LogP contribution in [-0.2, 0) is 28.6 Å². The Kier molecular flexibility index (Phi) is 47.3. The molecule has 0 aromatic rings. The predicted octanol–water partition coefficient (Wildman–Crippen LogP) is 16.9. The standard InChI is InChI=1S/C54H98O6/c1-4-7-10-13-15-17-19-21-23-25-26-27-28-29-31-32-34-36-38-41-44-47-53(56)59-50-51(49-58-52(55)46-43-40-12-9-6-3)60-54(57)48-45-42-39-37-35-33-30-24-22-20-18-16-14-11-8-5-2/h19,21,24-26,30,51H,4-18,20,22-23,27-29,31-50H2,1-3H3/b21-19-,26-25-,30-24-. The van der Waals surface area contributed by atoms with Crippen molar-refractivity contribution >= 4 is 17.9 Å². The van der Waals surface area contributed by atoms with E-state index >= 15 is 0 Å². The van der Waals surface area contributed by atoms with Gasteiger partial charge in [0, 0.05) is 19.3 Å². The molecule has 0 rings (SSSR count). The summed E-state index contributed by atoms with van der Waals surface area (Å²) in [5.74, 6) is -0.895. The van der Waals surface area contributed by atoms with Crippen LogP contribution in [0.5, 0.6) is 0 Å². The van der Waals surface area contributed by atoms with Gasteiger partial charge in [0.1, 0.15) is 13.2 Å². The van der Waals surface area contributed by atoms with E-state index in [4.69, 9.17) is 14.2 Å². The summed E-state index contributed by atoms with van der Waals surface area (Å²) >= 11 is 0. The first-order valence-corrected chi connectivity index (χ1v) is 26.0. The van der Waals surface area contributed by atoms with Crippen molar-refractivity contribution in [2.24, 2.45) is 0 Å². The van der Waals surface area contributed by atoms with Crippen molar-refractivity contribution in [1.82, 2.24) is 0 Å². The smallest absolute Gasteiger partial charge is 0.306 e. The molecule has 0 radical (unpaired) electrons. The fraction of sp³-hybridized carbons (Fsp3) is 0.833. The molecular weight excluding hydrogens is 745 g/mol. The molecular formula is C54H98O6. The molecule has 60 heavy (non-hydrogen) atoms. The number of hydrogen-bond acceptors (Lipinski definition) is 6. The molecule has 0 heterocycles. The summed E-state index contributed by atoms with van der Waals surface area (Å²) in [5, 5.41) is 0. The van der Waals surface area contributed by atoms with Gasteiger partial charge in [0.05, 0.1) is 0 Å². The van der Waals surface area contributed by atoms with Crippen LogP contribution >= 0.6 is 0 Å². The average Bonchev–Trinajstić information content (AvgIpc) is 3.24. The van der Waals surface area contributed by atoms with Crippen LogP contribution < -0.4 is 0 Å². The molecule has 0 fully saturated rings. The normalized spacial score (nSPS) is 12.2. The van der Waals surface area contributed by atoms with Crippen molar-refractivity contribution in [2.45, 2.75) is 277 Å². The Bertz CT molecular complexity index is 1020. The molecule has 0 aliphatic carbocycles. The Balaban J connectivity index is 4.14. The highest BCUT2D eigenvalue weighted by Gasteiger charge is 2.19. The number of allylic oxidation sites excluding steroid dienone is 6. The number of carbonyl (C=O) groups excluding carboxylic acids is 3. The van der Waals surface area contributed by atoms with Gasteiger partial charge in [-0.15, -0.1) is 0 Å². The number of ether oxygens (including phenoxy) is 3. The van der Waals surface area contributed by atoms with E-state index in [9.17, 15) is 14.4 Å². The van der Waals surface area contributed by atoms with Crippen molar-refractivity contribution in [3.63, 3.8) is 0 Å². The number of unbranched alkanes of at least 4 members (excludes halogenated alkanes) is 30. The van der Waals surface area contributed by atoms with Crippen LogP contribution in [0.15, 0.2) is 36.5 Å². The second kappa shape index (κ2) is 49.3. The van der Waals surface area contributed by atoms with Gasteiger partial charge in [0.2, 0.25) is 0 Å². The molecule has 0 saturated heterocycles. The van der Waals surface area contributed by atoms with E-state index in [-0.39, 0.29) is 31.1 Å². The third kappa shape index (κ3) is 46.7. The van der Waals surface area contributed by atoms with Crippen molar-refractivity contribution in [3.05, 3.63) is 36.5 Å². The minimum atomic E-state index is -0.772. The molecule has 0 saturated carbocycles. The Labute approximate surface area is 372 Å². The minimum Gasteiger partial charge on any atom is -0.462 e. The quantitative estimate of drug-likeness (QED) is 0.0263. The average molecular weight is 843 g/mol. The van der Waals surface area contributed by atoms with Crippen molar-refractivity contribution < 1.29 is 28.6 Å². The van der Waals surface area contributed by atoms with E-state index in [2.05, 4.69) is 57.2 Å². The molecule has 6 heteroatoms. The largest absolute Gasteiger partial charge is 0.462 e. The molecule has 0 aromatic carbocycles. The zero-order valence-electron chi connectivity index (χ0n) is 40.0. The number of hydrogen-bond donors (Lipinski definition) is 0. The molecule has 0 aliphatic heterocycles. The molecule has 1 atom stereocenters. The Morgan fingerprint density at radius 3 is 0.933 bits per heavy atom. The lowest BCUT2D eigenvalue weighted by atomic mass is 10.1. The van der Waals surface area contributed by atoms with Crippen LogP contribution in [0, 0.1) is 0 Å². The predicted molar refractivity (Wildman–Crippen MR) is 256 cm³/mol. The lowest BCUT2D eigenvalue weighted by Gasteiger charge is -2.18. The first-order chi connectivity index (χ1) is 29.5. The fourth-order valence-electron chi connectivity index (χ4n) is 7.41. The summed E-state index contributed by atoms with van der Waals surface area (Å²) in [4.78, 5) is 37.6. The van der Waals surface area contributed by atoms with E-state index in [1.165, 1.54) is 154 Å². The van der Waals surface area contributed by atoms with Gasteiger partial charge in [-0.2, -0.15) is 0 Å². The van der Waals surface area contributed by atoms with Gasteiger partial charge in [-0.25, -0.2) is 0 Å². The van der Waals surface area contributed by atoms with Gasteiger partial charge in [0.25, 0.3) is 0 Å². The SMILES string of the molecule is CCCCCCC/C=C\C/C=C\CCCCCCCCCCCC(=O)OCC(COC(=O)CCCCCCC)OC(=O)CCCCCCC/C=C\CCCCCCCCC. The Hall–Kier alpha value is -2.37. The maximum atomic E-state index is 12.7. The van der Waals surface area contributed by atoms with Crippen molar-refractivity contribution in [3.8, 4) is 0 Å². The molecule has 0 N–H and O–H groups in total. The summed E-state index contributed by atoms with van der Waals surface area (Å²) in [6.45, 7) is 6.55. The van der Waals surface area contributed by atoms with E-state index in [0.29, 0.717) is 19.3 Å². The first-order valence-electron chi connectivity index (χ1n) is 26.0. The van der Waals surface area contributed by atoms with Gasteiger partial charge in [-0.1, -0.05) is 211 Å². The van der Waals surface area contributed by atoms with Gasteiger partial charge in [0.15, 0.2) is 6.10 Å². The lowest BCUT2D eigenvalue weighted by Crippen LogP contribution is -2.30. The summed E-state index contributed by atoms with van der Waals surface area (Å²) in [6.07, 6.45) is 57.4. The summed E-state index contributed by atoms with van der Waals surface area (Å²) < 4.78 is 16.7. The Morgan fingerprint density at radius 2 is 0.600 bits per heavy atom. The maximum Gasteiger partial charge on any atom is 0.306 e. The Morgan fingerprint density at radius 1 is 0.333 bits per heavy atom. The van der Waals surface area contributed by atoms with Crippen LogP contribution in [0.4, 0.5) is 0 Å². The molecule has 0 bridgehead atoms. The second-order valence-corrected chi connectivity index (χ2v) is 17.4. The van der Waals surface area contributed by atoms with E-state index in [1.807, 2.05) is 0 Å². The van der Waals surface area contributed by atoms with Crippen molar-refractivity contribution in [1.29, 1.82) is 0 Å². The highest BCUT2D eigenvalue weighted by atomic mass is 16.6. The zero-order chi connectivity index (χ0) is 43.7.